The van der Waals surface area contributed by atoms with Crippen molar-refractivity contribution in [2.24, 2.45) is 0 Å². The fourth-order valence-electron chi connectivity index (χ4n) is 2.50. The minimum absolute atomic E-state index is 0.00449. The molecule has 0 amide bonds. The van der Waals surface area contributed by atoms with E-state index in [-0.39, 0.29) is 34.3 Å². The summed E-state index contributed by atoms with van der Waals surface area (Å²) in [6.45, 7) is 0. The molecule has 0 heterocycles. The summed E-state index contributed by atoms with van der Waals surface area (Å²) in [7, 11) is 5.50. The van der Waals surface area contributed by atoms with Crippen LogP contribution in [-0.4, -0.2) is 67.1 Å². The highest BCUT2D eigenvalue weighted by atomic mass is 16.5. The predicted octanol–water partition coefficient (Wildman–Crippen LogP) is 3.50. The fourth-order valence-corrected chi connectivity index (χ4v) is 2.50. The number of hydrogen-bond donors (Lipinski definition) is 4. The molecule has 0 saturated heterocycles. The van der Waals surface area contributed by atoms with E-state index in [1.165, 1.54) is 83.0 Å². The van der Waals surface area contributed by atoms with Crippen molar-refractivity contribution in [3.05, 3.63) is 71.3 Å². The molecular weight excluding hydrogens is 476 g/mol. The summed E-state index contributed by atoms with van der Waals surface area (Å²) >= 11 is 0. The Balaban J connectivity index is 0.000000271. The third-order valence-corrected chi connectivity index (χ3v) is 4.37. The average Bonchev–Trinajstić information content (AvgIpc) is 2.89. The van der Waals surface area contributed by atoms with Crippen LogP contribution in [0.5, 0.6) is 34.5 Å². The van der Waals surface area contributed by atoms with Crippen molar-refractivity contribution in [1.82, 2.24) is 0 Å². The topological polar surface area (TPSA) is 169 Å². The normalized spacial score (nSPS) is 9.33. The van der Waals surface area contributed by atoms with Crippen LogP contribution in [0.4, 0.5) is 0 Å². The number of carbonyl (C=O) groups excluding carboxylic acids is 2. The molecule has 11 heteroatoms. The van der Waals surface area contributed by atoms with Crippen LogP contribution >= 0.6 is 0 Å². The number of phenolic OH excluding ortho intramolecular Hbond substituents is 3. The number of aromatic hydroxyl groups is 3. The lowest BCUT2D eigenvalue weighted by atomic mass is 10.2. The summed E-state index contributed by atoms with van der Waals surface area (Å²) < 4.78 is 18.8. The minimum Gasteiger partial charge on any atom is -0.504 e. The van der Waals surface area contributed by atoms with Crippen LogP contribution in [0.25, 0.3) is 0 Å². The van der Waals surface area contributed by atoms with Crippen molar-refractivity contribution in [2.75, 3.05) is 28.4 Å². The van der Waals surface area contributed by atoms with E-state index in [0.717, 1.165) is 0 Å². The largest absolute Gasteiger partial charge is 0.504 e. The second-order valence-electron chi connectivity index (χ2n) is 6.62. The number of hydrogen-bond acceptors (Lipinski definition) is 10. The van der Waals surface area contributed by atoms with Gasteiger partial charge in [0.05, 0.1) is 39.6 Å². The molecule has 0 aliphatic heterocycles. The molecule has 3 aromatic carbocycles. The average molecular weight is 502 g/mol. The van der Waals surface area contributed by atoms with Gasteiger partial charge in [-0.05, 0) is 54.6 Å². The Bertz CT molecular complexity index is 1190. The van der Waals surface area contributed by atoms with E-state index in [1.807, 2.05) is 0 Å². The van der Waals surface area contributed by atoms with Crippen LogP contribution < -0.4 is 14.2 Å². The van der Waals surface area contributed by atoms with Gasteiger partial charge in [0.1, 0.15) is 6.29 Å². The SMILES string of the molecule is COC(=O)c1ccc(O)c(OC)c1.COc1cc(C(=O)O)ccc1O.COc1cc(C=O)ccc1O. The third-order valence-electron chi connectivity index (χ3n) is 4.37. The molecule has 0 radical (unpaired) electrons. The van der Waals surface area contributed by atoms with Crippen molar-refractivity contribution in [3.63, 3.8) is 0 Å². The molecule has 0 aliphatic carbocycles. The smallest absolute Gasteiger partial charge is 0.337 e. The minimum atomic E-state index is -1.05. The first-order valence-electron chi connectivity index (χ1n) is 9.99. The van der Waals surface area contributed by atoms with Gasteiger partial charge in [0.2, 0.25) is 0 Å². The second-order valence-corrected chi connectivity index (χ2v) is 6.62. The summed E-state index contributed by atoms with van der Waals surface area (Å²) in [6, 6.07) is 12.5. The molecule has 0 unspecified atom stereocenters. The lowest BCUT2D eigenvalue weighted by Gasteiger charge is -2.04. The maximum absolute atomic E-state index is 11.0. The van der Waals surface area contributed by atoms with Crippen LogP contribution in [0.15, 0.2) is 54.6 Å². The Kier molecular flexibility index (Phi) is 11.6. The van der Waals surface area contributed by atoms with E-state index < -0.39 is 11.9 Å². The molecule has 36 heavy (non-hydrogen) atoms. The van der Waals surface area contributed by atoms with Gasteiger partial charge in [-0.2, -0.15) is 0 Å². The number of phenols is 3. The highest BCUT2D eigenvalue weighted by Gasteiger charge is 2.09. The second kappa shape index (κ2) is 14.4. The fraction of sp³-hybridized carbons (Fsp3) is 0.160. The molecule has 11 nitrogen and oxygen atoms in total. The Morgan fingerprint density at radius 2 is 1.08 bits per heavy atom. The highest BCUT2D eigenvalue weighted by Crippen LogP contribution is 2.27. The van der Waals surface area contributed by atoms with Gasteiger partial charge in [0.15, 0.2) is 34.5 Å². The van der Waals surface area contributed by atoms with Crippen LogP contribution in [0.3, 0.4) is 0 Å². The van der Waals surface area contributed by atoms with Crippen LogP contribution in [-0.2, 0) is 4.74 Å². The van der Waals surface area contributed by atoms with Gasteiger partial charge in [-0.25, -0.2) is 9.59 Å². The van der Waals surface area contributed by atoms with Crippen LogP contribution in [0, 0.1) is 0 Å². The highest BCUT2D eigenvalue weighted by molar-refractivity contribution is 5.90. The summed E-state index contributed by atoms with van der Waals surface area (Å²) in [5.41, 5.74) is 0.918. The number of carbonyl (C=O) groups is 3. The molecule has 0 bridgehead atoms. The Morgan fingerprint density at radius 1 is 0.667 bits per heavy atom. The van der Waals surface area contributed by atoms with Gasteiger partial charge in [0.25, 0.3) is 0 Å². The molecule has 4 N–H and O–H groups in total. The van der Waals surface area contributed by atoms with E-state index >= 15 is 0 Å². The van der Waals surface area contributed by atoms with E-state index in [0.29, 0.717) is 23.2 Å². The molecule has 0 aliphatic rings. The van der Waals surface area contributed by atoms with E-state index in [1.54, 1.807) is 0 Å². The lowest BCUT2D eigenvalue weighted by molar-refractivity contribution is 0.0599. The molecule has 0 aromatic heterocycles. The summed E-state index contributed by atoms with van der Waals surface area (Å²) in [5, 5.41) is 36.0. The Hall–Kier alpha value is -4.93. The number of methoxy groups -OCH3 is 4. The number of aromatic carboxylic acids is 1. The number of carboxylic acids is 1. The molecule has 0 saturated carbocycles. The van der Waals surface area contributed by atoms with Crippen molar-refractivity contribution in [2.45, 2.75) is 0 Å². The molecule has 0 spiro atoms. The van der Waals surface area contributed by atoms with Gasteiger partial charge in [0, 0.05) is 5.56 Å². The zero-order chi connectivity index (χ0) is 27.3. The quantitative estimate of drug-likeness (QED) is 0.287. The lowest BCUT2D eigenvalue weighted by Crippen LogP contribution is -2.01. The zero-order valence-electron chi connectivity index (χ0n) is 19.9. The number of carboxylic acid groups (broad SMARTS) is 1. The number of ether oxygens (including phenoxy) is 4. The number of esters is 1. The van der Waals surface area contributed by atoms with Gasteiger partial charge >= 0.3 is 11.9 Å². The number of rotatable bonds is 6. The Morgan fingerprint density at radius 3 is 1.50 bits per heavy atom. The summed E-state index contributed by atoms with van der Waals surface area (Å²) in [6.07, 6.45) is 0.696. The predicted molar refractivity (Wildman–Crippen MR) is 128 cm³/mol. The van der Waals surface area contributed by atoms with Crippen molar-refractivity contribution >= 4 is 18.2 Å². The van der Waals surface area contributed by atoms with Crippen molar-refractivity contribution < 1.29 is 53.8 Å². The molecule has 0 atom stereocenters. The monoisotopic (exact) mass is 502 g/mol. The van der Waals surface area contributed by atoms with Gasteiger partial charge in [-0.3, -0.25) is 4.79 Å². The summed E-state index contributed by atoms with van der Waals surface area (Å²) in [4.78, 5) is 31.7. The molecular formula is C25H26O11. The van der Waals surface area contributed by atoms with E-state index in [2.05, 4.69) is 4.74 Å². The van der Waals surface area contributed by atoms with Crippen LogP contribution in [0.1, 0.15) is 31.1 Å². The number of aldehydes is 1. The van der Waals surface area contributed by atoms with Gasteiger partial charge in [-0.1, -0.05) is 0 Å². The molecule has 3 rings (SSSR count). The first-order chi connectivity index (χ1) is 17.1. The van der Waals surface area contributed by atoms with E-state index in [9.17, 15) is 19.5 Å². The molecule has 192 valence electrons. The van der Waals surface area contributed by atoms with E-state index in [4.69, 9.17) is 29.5 Å². The van der Waals surface area contributed by atoms with Crippen LogP contribution in [0.2, 0.25) is 0 Å². The van der Waals surface area contributed by atoms with Gasteiger partial charge in [-0.15, -0.1) is 0 Å². The molecule has 0 fully saturated rings. The molecule has 3 aromatic rings. The van der Waals surface area contributed by atoms with Gasteiger partial charge < -0.3 is 39.4 Å². The third kappa shape index (κ3) is 8.45. The Labute approximate surface area is 206 Å². The first kappa shape index (κ1) is 29.1. The van der Waals surface area contributed by atoms with Crippen molar-refractivity contribution in [3.8, 4) is 34.5 Å². The maximum atomic E-state index is 11.0. The van der Waals surface area contributed by atoms with Crippen molar-refractivity contribution in [1.29, 1.82) is 0 Å². The standard InChI is InChI=1S/C9H10O4.C8H8O4.C8H8O3/c1-12-8-5-6(9(11)13-2)3-4-7(8)10;1-12-7-4-5(8(10)11)2-3-6(7)9;1-11-8-4-6(5-9)2-3-7(8)10/h3-5,10H,1-2H3;2-4,9H,1H3,(H,10,11);2-5,10H,1H3. The maximum Gasteiger partial charge on any atom is 0.337 e. The zero-order valence-corrected chi connectivity index (χ0v) is 19.9. The number of benzene rings is 3. The summed E-state index contributed by atoms with van der Waals surface area (Å²) in [5.74, 6) is -0.810. The first-order valence-corrected chi connectivity index (χ1v) is 9.99.